The van der Waals surface area contributed by atoms with E-state index in [1.54, 1.807) is 38.4 Å². The molecule has 6 heteroatoms. The minimum atomic E-state index is -0.383. The second-order valence-corrected chi connectivity index (χ2v) is 4.38. The number of pyridine rings is 2. The van der Waals surface area contributed by atoms with E-state index in [1.165, 1.54) is 7.11 Å². The predicted molar refractivity (Wildman–Crippen MR) is 78.4 cm³/mol. The zero-order valence-electron chi connectivity index (χ0n) is 12.2. The summed E-state index contributed by atoms with van der Waals surface area (Å²) in [6.45, 7) is 2.35. The molecule has 2 rings (SSSR count). The van der Waals surface area contributed by atoms with Crippen LogP contribution in [0.3, 0.4) is 0 Å². The van der Waals surface area contributed by atoms with Crippen molar-refractivity contribution in [1.82, 2.24) is 9.97 Å². The van der Waals surface area contributed by atoms with Crippen LogP contribution in [0.15, 0.2) is 30.5 Å². The van der Waals surface area contributed by atoms with Gasteiger partial charge in [0.1, 0.15) is 5.82 Å². The normalized spacial score (nSPS) is 10.0. The topological polar surface area (TPSA) is 73.3 Å². The molecule has 0 aliphatic rings. The van der Waals surface area contributed by atoms with Gasteiger partial charge >= 0.3 is 5.97 Å². The molecule has 2 heterocycles. The van der Waals surface area contributed by atoms with Gasteiger partial charge in [0.05, 0.1) is 25.5 Å². The van der Waals surface area contributed by atoms with Gasteiger partial charge in [-0.25, -0.2) is 14.8 Å². The molecule has 0 amide bonds. The van der Waals surface area contributed by atoms with Crippen molar-refractivity contribution in [3.63, 3.8) is 0 Å². The maximum Gasteiger partial charge on any atom is 0.339 e. The van der Waals surface area contributed by atoms with E-state index in [0.29, 0.717) is 29.5 Å². The summed E-state index contributed by atoms with van der Waals surface area (Å²) in [5.41, 5.74) is 2.10. The molecule has 0 saturated carbocycles. The molecule has 0 radical (unpaired) electrons. The average Bonchev–Trinajstić information content (AvgIpc) is 2.52. The van der Waals surface area contributed by atoms with E-state index in [4.69, 9.17) is 4.74 Å². The van der Waals surface area contributed by atoms with Gasteiger partial charge in [-0.3, -0.25) is 0 Å². The van der Waals surface area contributed by atoms with E-state index >= 15 is 0 Å². The molecule has 6 nitrogen and oxygen atoms in total. The van der Waals surface area contributed by atoms with Crippen molar-refractivity contribution >= 4 is 11.8 Å². The molecule has 21 heavy (non-hydrogen) atoms. The fourth-order valence-electron chi connectivity index (χ4n) is 1.81. The number of rotatable bonds is 5. The van der Waals surface area contributed by atoms with Crippen LogP contribution in [-0.4, -0.2) is 30.2 Å². The number of esters is 1. The summed E-state index contributed by atoms with van der Waals surface area (Å²) in [5.74, 6) is 0.886. The van der Waals surface area contributed by atoms with Gasteiger partial charge in [-0.15, -0.1) is 0 Å². The Morgan fingerprint density at radius 2 is 2.05 bits per heavy atom. The first-order chi connectivity index (χ1) is 10.1. The van der Waals surface area contributed by atoms with Gasteiger partial charge in [-0.05, 0) is 24.6 Å². The highest BCUT2D eigenvalue weighted by Gasteiger charge is 2.10. The Hall–Kier alpha value is -2.63. The van der Waals surface area contributed by atoms with Gasteiger partial charge in [0.15, 0.2) is 0 Å². The van der Waals surface area contributed by atoms with Gasteiger partial charge in [-0.1, -0.05) is 6.07 Å². The minimum absolute atomic E-state index is 0.383. The summed E-state index contributed by atoms with van der Waals surface area (Å²) in [6.07, 6.45) is 1.74. The van der Waals surface area contributed by atoms with Crippen molar-refractivity contribution in [3.05, 3.63) is 47.3 Å². The van der Waals surface area contributed by atoms with E-state index in [1.807, 2.05) is 6.07 Å². The molecular formula is C15H17N3O3. The number of hydrogen-bond acceptors (Lipinski definition) is 6. The lowest BCUT2D eigenvalue weighted by Crippen LogP contribution is -2.08. The zero-order valence-corrected chi connectivity index (χ0v) is 12.2. The molecule has 0 unspecified atom stereocenters. The number of anilines is 1. The summed E-state index contributed by atoms with van der Waals surface area (Å²) in [5, 5.41) is 3.18. The molecule has 2 aromatic heterocycles. The molecule has 0 bridgehead atoms. The number of hydrogen-bond donors (Lipinski definition) is 1. The van der Waals surface area contributed by atoms with Crippen LogP contribution < -0.4 is 10.1 Å². The lowest BCUT2D eigenvalue weighted by Gasteiger charge is -2.09. The van der Waals surface area contributed by atoms with Gasteiger partial charge in [-0.2, -0.15) is 0 Å². The van der Waals surface area contributed by atoms with Crippen LogP contribution in [-0.2, 0) is 11.3 Å². The van der Waals surface area contributed by atoms with Crippen LogP contribution in [0, 0.1) is 6.92 Å². The molecule has 0 fully saturated rings. The Bertz CT molecular complexity index is 627. The third kappa shape index (κ3) is 3.68. The lowest BCUT2D eigenvalue weighted by molar-refractivity contribution is 0.0599. The predicted octanol–water partition coefficient (Wildman–Crippen LogP) is 2.19. The van der Waals surface area contributed by atoms with Crippen LogP contribution in [0.5, 0.6) is 5.88 Å². The first-order valence-corrected chi connectivity index (χ1v) is 6.43. The van der Waals surface area contributed by atoms with Gasteiger partial charge < -0.3 is 14.8 Å². The molecule has 0 spiro atoms. The molecule has 0 saturated heterocycles. The van der Waals surface area contributed by atoms with Crippen LogP contribution in [0.4, 0.5) is 5.82 Å². The standard InChI is InChI=1S/C15H17N3O3/c1-10-12(15(19)21-3)5-6-13(18-10)16-8-11-4-7-14(20-2)17-9-11/h4-7,9H,8H2,1-3H3,(H,16,18). The average molecular weight is 287 g/mol. The molecule has 0 aliphatic heterocycles. The number of nitrogens with one attached hydrogen (secondary N) is 1. The quantitative estimate of drug-likeness (QED) is 0.850. The smallest absolute Gasteiger partial charge is 0.339 e. The molecule has 1 N–H and O–H groups in total. The number of aryl methyl sites for hydroxylation is 1. The van der Waals surface area contributed by atoms with Crippen LogP contribution in [0.25, 0.3) is 0 Å². The Morgan fingerprint density at radius 1 is 1.24 bits per heavy atom. The second-order valence-electron chi connectivity index (χ2n) is 4.38. The highest BCUT2D eigenvalue weighted by molar-refractivity contribution is 5.90. The molecule has 0 atom stereocenters. The Labute approximate surface area is 123 Å². The number of carbonyl (C=O) groups excluding carboxylic acids is 1. The van der Waals surface area contributed by atoms with E-state index in [2.05, 4.69) is 20.0 Å². The lowest BCUT2D eigenvalue weighted by atomic mass is 10.2. The first-order valence-electron chi connectivity index (χ1n) is 6.43. The molecule has 2 aromatic rings. The zero-order chi connectivity index (χ0) is 15.2. The number of methoxy groups -OCH3 is 2. The monoisotopic (exact) mass is 287 g/mol. The third-order valence-electron chi connectivity index (χ3n) is 2.97. The molecule has 0 aromatic carbocycles. The molecular weight excluding hydrogens is 270 g/mol. The maximum absolute atomic E-state index is 11.5. The highest BCUT2D eigenvalue weighted by atomic mass is 16.5. The number of nitrogens with zero attached hydrogens (tertiary/aromatic N) is 2. The van der Waals surface area contributed by atoms with Crippen molar-refractivity contribution in [2.45, 2.75) is 13.5 Å². The largest absolute Gasteiger partial charge is 0.481 e. The van der Waals surface area contributed by atoms with Crippen molar-refractivity contribution in [2.24, 2.45) is 0 Å². The fourth-order valence-corrected chi connectivity index (χ4v) is 1.81. The highest BCUT2D eigenvalue weighted by Crippen LogP contribution is 2.13. The molecule has 0 aliphatic carbocycles. The summed E-state index contributed by atoms with van der Waals surface area (Å²) in [6, 6.07) is 7.17. The van der Waals surface area contributed by atoms with Crippen LogP contribution >= 0.6 is 0 Å². The van der Waals surface area contributed by atoms with E-state index < -0.39 is 0 Å². The van der Waals surface area contributed by atoms with Crippen molar-refractivity contribution in [3.8, 4) is 5.88 Å². The van der Waals surface area contributed by atoms with Gasteiger partial charge in [0.25, 0.3) is 0 Å². The maximum atomic E-state index is 11.5. The Morgan fingerprint density at radius 3 is 2.62 bits per heavy atom. The van der Waals surface area contributed by atoms with E-state index in [0.717, 1.165) is 5.56 Å². The second kappa shape index (κ2) is 6.69. The molecule has 110 valence electrons. The van der Waals surface area contributed by atoms with Crippen molar-refractivity contribution < 1.29 is 14.3 Å². The van der Waals surface area contributed by atoms with Crippen LogP contribution in [0.1, 0.15) is 21.6 Å². The number of ether oxygens (including phenoxy) is 2. The van der Waals surface area contributed by atoms with Crippen molar-refractivity contribution in [2.75, 3.05) is 19.5 Å². The minimum Gasteiger partial charge on any atom is -0.481 e. The van der Waals surface area contributed by atoms with E-state index in [9.17, 15) is 4.79 Å². The number of carbonyl (C=O) groups is 1. The summed E-state index contributed by atoms with van der Waals surface area (Å²) < 4.78 is 9.69. The van der Waals surface area contributed by atoms with E-state index in [-0.39, 0.29) is 5.97 Å². The van der Waals surface area contributed by atoms with Crippen LogP contribution in [0.2, 0.25) is 0 Å². The summed E-state index contributed by atoms with van der Waals surface area (Å²) in [7, 11) is 2.93. The summed E-state index contributed by atoms with van der Waals surface area (Å²) in [4.78, 5) is 19.9. The Kier molecular flexibility index (Phi) is 4.71. The van der Waals surface area contributed by atoms with Gasteiger partial charge in [0, 0.05) is 18.8 Å². The fraction of sp³-hybridized carbons (Fsp3) is 0.267. The van der Waals surface area contributed by atoms with Gasteiger partial charge in [0.2, 0.25) is 5.88 Å². The first kappa shape index (κ1) is 14.8. The SMILES string of the molecule is COC(=O)c1ccc(NCc2ccc(OC)nc2)nc1C. The van der Waals surface area contributed by atoms with Crippen molar-refractivity contribution in [1.29, 1.82) is 0 Å². The third-order valence-corrected chi connectivity index (χ3v) is 2.97. The Balaban J connectivity index is 2.03. The summed E-state index contributed by atoms with van der Waals surface area (Å²) >= 11 is 0. The number of aromatic nitrogens is 2.